The van der Waals surface area contributed by atoms with Gasteiger partial charge in [-0.3, -0.25) is 14.8 Å². The lowest BCUT2D eigenvalue weighted by molar-refractivity contribution is -0.383. The first-order chi connectivity index (χ1) is 8.06. The Hall–Kier alpha value is -1.83. The van der Waals surface area contributed by atoms with Crippen LogP contribution in [0.1, 0.15) is 20.8 Å². The lowest BCUT2D eigenvalue weighted by Gasteiger charge is -2.20. The molecule has 0 aliphatic rings. The van der Waals surface area contributed by atoms with Crippen LogP contribution in [0.25, 0.3) is 0 Å². The minimum atomic E-state index is -3.84. The van der Waals surface area contributed by atoms with Crippen molar-refractivity contribution in [3.05, 3.63) is 28.3 Å². The van der Waals surface area contributed by atoms with Crippen LogP contribution in [0.2, 0.25) is 0 Å². The van der Waals surface area contributed by atoms with Gasteiger partial charge >= 0.3 is 0 Å². The first kappa shape index (κ1) is 14.2. The van der Waals surface area contributed by atoms with Crippen LogP contribution in [-0.2, 0) is 10.0 Å². The Labute approximate surface area is 105 Å². The van der Waals surface area contributed by atoms with Gasteiger partial charge in [0.25, 0.3) is 5.69 Å². The van der Waals surface area contributed by atoms with Crippen molar-refractivity contribution in [1.82, 2.24) is 0 Å². The fraction of sp³-hybridized carbons (Fsp3) is 0.400. The van der Waals surface area contributed by atoms with Crippen molar-refractivity contribution in [3.63, 3.8) is 0 Å². The highest BCUT2D eigenvalue weighted by molar-refractivity contribution is 7.94. The molecule has 18 heavy (non-hydrogen) atoms. The van der Waals surface area contributed by atoms with Gasteiger partial charge in [0.15, 0.2) is 5.69 Å². The molecule has 8 heteroatoms. The highest BCUT2D eigenvalue weighted by Crippen LogP contribution is 2.35. The van der Waals surface area contributed by atoms with Crippen LogP contribution in [0, 0.1) is 10.1 Å². The Kier molecular flexibility index (Phi) is 3.52. The molecule has 7 nitrogen and oxygen atoms in total. The van der Waals surface area contributed by atoms with Gasteiger partial charge in [-0.15, -0.1) is 0 Å². The summed E-state index contributed by atoms with van der Waals surface area (Å²) in [5, 5.41) is 20.3. The van der Waals surface area contributed by atoms with Gasteiger partial charge in [0.1, 0.15) is 5.75 Å². The van der Waals surface area contributed by atoms with Gasteiger partial charge in [-0.25, -0.2) is 8.42 Å². The van der Waals surface area contributed by atoms with Crippen LogP contribution in [0.3, 0.4) is 0 Å². The fourth-order valence-corrected chi connectivity index (χ4v) is 1.86. The molecule has 1 aromatic rings. The Morgan fingerprint density at radius 1 is 1.33 bits per heavy atom. The molecule has 0 fully saturated rings. The topological polar surface area (TPSA) is 110 Å². The molecule has 0 amide bonds. The number of nitro groups is 1. The zero-order valence-electron chi connectivity index (χ0n) is 10.2. The molecule has 2 N–H and O–H groups in total. The Morgan fingerprint density at radius 3 is 2.33 bits per heavy atom. The maximum absolute atomic E-state index is 11.9. The summed E-state index contributed by atoms with van der Waals surface area (Å²) in [5.41, 5.74) is -0.916. The molecule has 0 saturated heterocycles. The molecule has 0 aliphatic carbocycles. The molecule has 0 saturated carbocycles. The minimum Gasteiger partial charge on any atom is -0.505 e. The van der Waals surface area contributed by atoms with Gasteiger partial charge in [-0.05, 0) is 26.8 Å². The van der Waals surface area contributed by atoms with E-state index in [0.717, 1.165) is 6.07 Å². The highest BCUT2D eigenvalue weighted by atomic mass is 32.2. The van der Waals surface area contributed by atoms with Crippen LogP contribution in [0.15, 0.2) is 18.2 Å². The van der Waals surface area contributed by atoms with Gasteiger partial charge in [0.05, 0.1) is 9.67 Å². The summed E-state index contributed by atoms with van der Waals surface area (Å²) in [4.78, 5) is 10.0. The highest BCUT2D eigenvalue weighted by Gasteiger charge is 2.32. The van der Waals surface area contributed by atoms with E-state index in [1.165, 1.54) is 32.9 Å². The summed E-state index contributed by atoms with van der Waals surface area (Å²) >= 11 is 0. The summed E-state index contributed by atoms with van der Waals surface area (Å²) in [5.74, 6) is -0.489. The number of sulfonamides is 1. The largest absolute Gasteiger partial charge is 0.505 e. The molecule has 1 rings (SSSR count). The van der Waals surface area contributed by atoms with Crippen molar-refractivity contribution >= 4 is 21.4 Å². The maximum Gasteiger partial charge on any atom is 0.297 e. The number of rotatable bonds is 3. The van der Waals surface area contributed by atoms with E-state index in [4.69, 9.17) is 0 Å². The van der Waals surface area contributed by atoms with E-state index < -0.39 is 36.8 Å². The standard InChI is InChI=1S/C10H14N2O5S/c1-10(2,3)18(16,17)11-9-7(12(14)15)5-4-6-8(9)13/h4-6,11,13H,1-3H3. The number of phenols is 1. The molecular weight excluding hydrogens is 260 g/mol. The van der Waals surface area contributed by atoms with Crippen molar-refractivity contribution in [2.45, 2.75) is 25.5 Å². The van der Waals surface area contributed by atoms with Crippen molar-refractivity contribution in [3.8, 4) is 5.75 Å². The van der Waals surface area contributed by atoms with Crippen LogP contribution in [0.5, 0.6) is 5.75 Å². The second-order valence-corrected chi connectivity index (χ2v) is 7.08. The van der Waals surface area contributed by atoms with Gasteiger partial charge < -0.3 is 5.11 Å². The summed E-state index contributed by atoms with van der Waals surface area (Å²) in [6.45, 7) is 4.34. The third-order valence-corrected chi connectivity index (χ3v) is 4.35. The molecule has 1 aromatic carbocycles. The van der Waals surface area contributed by atoms with E-state index in [0.29, 0.717) is 0 Å². The molecule has 100 valence electrons. The minimum absolute atomic E-state index is 0.419. The average molecular weight is 274 g/mol. The molecule has 0 bridgehead atoms. The lowest BCUT2D eigenvalue weighted by atomic mass is 10.2. The average Bonchev–Trinajstić information content (AvgIpc) is 2.18. The van der Waals surface area contributed by atoms with Crippen LogP contribution in [-0.4, -0.2) is 23.2 Å². The molecule has 0 unspecified atom stereocenters. The summed E-state index contributed by atoms with van der Waals surface area (Å²) in [6.07, 6.45) is 0. The Morgan fingerprint density at radius 2 is 1.89 bits per heavy atom. The molecule has 0 aromatic heterocycles. The number of anilines is 1. The third kappa shape index (κ3) is 2.70. The number of nitrogens with zero attached hydrogens (tertiary/aromatic N) is 1. The zero-order valence-corrected chi connectivity index (χ0v) is 11.0. The summed E-state index contributed by atoms with van der Waals surface area (Å²) < 4.78 is 24.7. The van der Waals surface area contributed by atoms with Crippen molar-refractivity contribution in [1.29, 1.82) is 0 Å². The first-order valence-corrected chi connectivity index (χ1v) is 6.53. The van der Waals surface area contributed by atoms with E-state index in [1.807, 2.05) is 0 Å². The molecule has 0 heterocycles. The number of aromatic hydroxyl groups is 1. The SMILES string of the molecule is CC(C)(C)S(=O)(=O)Nc1c(O)cccc1[N+](=O)[O-]. The van der Waals surface area contributed by atoms with Crippen LogP contribution in [0.4, 0.5) is 11.4 Å². The van der Waals surface area contributed by atoms with Gasteiger partial charge in [0.2, 0.25) is 10.0 Å². The molecular formula is C10H14N2O5S. The van der Waals surface area contributed by atoms with E-state index in [9.17, 15) is 23.6 Å². The number of para-hydroxylation sites is 1. The summed E-state index contributed by atoms with van der Waals surface area (Å²) in [6, 6.07) is 3.55. The van der Waals surface area contributed by atoms with Gasteiger partial charge in [0, 0.05) is 6.07 Å². The van der Waals surface area contributed by atoms with Crippen LogP contribution < -0.4 is 4.72 Å². The van der Waals surface area contributed by atoms with Crippen molar-refractivity contribution < 1.29 is 18.4 Å². The van der Waals surface area contributed by atoms with E-state index in [1.54, 1.807) is 0 Å². The van der Waals surface area contributed by atoms with E-state index in [2.05, 4.69) is 4.72 Å². The lowest BCUT2D eigenvalue weighted by Crippen LogP contribution is -2.33. The van der Waals surface area contributed by atoms with Gasteiger partial charge in [-0.2, -0.15) is 0 Å². The normalized spacial score (nSPS) is 12.2. The van der Waals surface area contributed by atoms with Crippen molar-refractivity contribution in [2.75, 3.05) is 4.72 Å². The number of hydrogen-bond acceptors (Lipinski definition) is 5. The van der Waals surface area contributed by atoms with E-state index >= 15 is 0 Å². The predicted molar refractivity (Wildman–Crippen MR) is 67.1 cm³/mol. The zero-order chi connectivity index (χ0) is 14.1. The smallest absolute Gasteiger partial charge is 0.297 e. The molecule has 0 radical (unpaired) electrons. The summed E-state index contributed by atoms with van der Waals surface area (Å²) in [7, 11) is -3.84. The van der Waals surface area contributed by atoms with Crippen LogP contribution >= 0.6 is 0 Å². The quantitative estimate of drug-likeness (QED) is 0.496. The number of phenolic OH excluding ortho intramolecular Hbond substituents is 1. The molecule has 0 aliphatic heterocycles. The second-order valence-electron chi connectivity index (χ2n) is 4.65. The Bertz CT molecular complexity index is 574. The number of nitrogens with one attached hydrogen (secondary N) is 1. The first-order valence-electron chi connectivity index (χ1n) is 5.05. The number of nitro benzene ring substituents is 1. The molecule has 0 atom stereocenters. The predicted octanol–water partition coefficient (Wildman–Crippen LogP) is 1.84. The maximum atomic E-state index is 11.9. The van der Waals surface area contributed by atoms with E-state index in [-0.39, 0.29) is 0 Å². The molecule has 0 spiro atoms. The third-order valence-electron chi connectivity index (χ3n) is 2.26. The number of benzene rings is 1. The number of hydrogen-bond donors (Lipinski definition) is 2. The fourth-order valence-electron chi connectivity index (χ4n) is 1.07. The second kappa shape index (κ2) is 4.45. The van der Waals surface area contributed by atoms with Gasteiger partial charge in [-0.1, -0.05) is 6.07 Å². The Balaban J connectivity index is 3.33. The van der Waals surface area contributed by atoms with Crippen molar-refractivity contribution in [2.24, 2.45) is 0 Å². The monoisotopic (exact) mass is 274 g/mol.